The third-order valence-corrected chi connectivity index (χ3v) is 4.62. The van der Waals surface area contributed by atoms with E-state index in [-0.39, 0.29) is 16.9 Å². The first-order valence-electron chi connectivity index (χ1n) is 7.49. The Balaban J connectivity index is 1.66. The molecule has 1 aromatic heterocycles. The Morgan fingerprint density at radius 2 is 2.36 bits per heavy atom. The molecule has 4 nitrogen and oxygen atoms in total. The second-order valence-corrected chi connectivity index (χ2v) is 6.22. The number of aromatic amines is 1. The average molecular weight is 323 g/mol. The van der Waals surface area contributed by atoms with E-state index >= 15 is 0 Å². The normalized spacial score (nSPS) is 22.3. The molecule has 22 heavy (non-hydrogen) atoms. The molecular formula is C16H20ClFN4. The van der Waals surface area contributed by atoms with Gasteiger partial charge in [-0.05, 0) is 43.6 Å². The van der Waals surface area contributed by atoms with Gasteiger partial charge < -0.3 is 10.3 Å². The summed E-state index contributed by atoms with van der Waals surface area (Å²) in [6.45, 7) is 2.61. The second-order valence-electron chi connectivity index (χ2n) is 5.81. The lowest BCUT2D eigenvalue weighted by Gasteiger charge is -2.26. The van der Waals surface area contributed by atoms with E-state index in [0.717, 1.165) is 37.4 Å². The number of hydrogen-bond donors (Lipinski definition) is 2. The molecule has 2 heterocycles. The zero-order valence-electron chi connectivity index (χ0n) is 12.5. The van der Waals surface area contributed by atoms with Crippen molar-refractivity contribution >= 4 is 11.6 Å². The first-order valence-corrected chi connectivity index (χ1v) is 7.87. The maximum Gasteiger partial charge on any atom is 0.142 e. The quantitative estimate of drug-likeness (QED) is 0.889. The summed E-state index contributed by atoms with van der Waals surface area (Å²) < 4.78 is 13.7. The smallest absolute Gasteiger partial charge is 0.142 e. The van der Waals surface area contributed by atoms with Crippen LogP contribution in [-0.2, 0) is 6.54 Å². The molecule has 0 unspecified atom stereocenters. The van der Waals surface area contributed by atoms with Crippen LogP contribution in [0.5, 0.6) is 0 Å². The Morgan fingerprint density at radius 3 is 3.09 bits per heavy atom. The largest absolute Gasteiger partial charge is 0.348 e. The molecule has 1 fully saturated rings. The Labute approximate surface area is 134 Å². The predicted octanol–water partition coefficient (Wildman–Crippen LogP) is 2.98. The predicted molar refractivity (Wildman–Crippen MR) is 85.2 cm³/mol. The summed E-state index contributed by atoms with van der Waals surface area (Å²) >= 11 is 5.79. The fourth-order valence-corrected chi connectivity index (χ4v) is 3.35. The number of imidazole rings is 1. The van der Waals surface area contributed by atoms with Crippen LogP contribution in [0.4, 0.5) is 4.39 Å². The van der Waals surface area contributed by atoms with E-state index in [1.807, 2.05) is 12.3 Å². The van der Waals surface area contributed by atoms with Crippen molar-refractivity contribution in [1.82, 2.24) is 20.2 Å². The van der Waals surface area contributed by atoms with Crippen molar-refractivity contribution < 1.29 is 4.39 Å². The number of aromatic nitrogens is 2. The fourth-order valence-electron chi connectivity index (χ4n) is 3.23. The van der Waals surface area contributed by atoms with Crippen LogP contribution in [0.3, 0.4) is 0 Å². The number of nitrogens with one attached hydrogen (secondary N) is 2. The van der Waals surface area contributed by atoms with E-state index < -0.39 is 0 Å². The van der Waals surface area contributed by atoms with E-state index in [1.165, 1.54) is 0 Å². The molecule has 1 aliphatic rings. The number of benzene rings is 1. The van der Waals surface area contributed by atoms with Crippen LogP contribution < -0.4 is 5.32 Å². The molecule has 2 N–H and O–H groups in total. The van der Waals surface area contributed by atoms with Crippen LogP contribution in [-0.4, -0.2) is 35.0 Å². The third-order valence-electron chi connectivity index (χ3n) is 4.31. The van der Waals surface area contributed by atoms with Gasteiger partial charge in [0.25, 0.3) is 0 Å². The van der Waals surface area contributed by atoms with Crippen molar-refractivity contribution in [2.75, 3.05) is 20.1 Å². The van der Waals surface area contributed by atoms with Gasteiger partial charge in [0.2, 0.25) is 0 Å². The maximum atomic E-state index is 13.7. The number of halogens is 2. The van der Waals surface area contributed by atoms with Crippen LogP contribution in [0, 0.1) is 11.7 Å². The highest BCUT2D eigenvalue weighted by Crippen LogP contribution is 2.36. The Hall–Kier alpha value is -1.43. The first-order chi connectivity index (χ1) is 10.6. The van der Waals surface area contributed by atoms with Gasteiger partial charge in [-0.25, -0.2) is 9.37 Å². The summed E-state index contributed by atoms with van der Waals surface area (Å²) in [6.07, 6.45) is 4.66. The summed E-state index contributed by atoms with van der Waals surface area (Å²) in [4.78, 5) is 9.56. The van der Waals surface area contributed by atoms with Crippen molar-refractivity contribution in [3.8, 4) is 0 Å². The standard InChI is InChI=1S/C16H20ClFN4/c1-22-7-4-12(9-19-10-15-20-5-6-21-15)16(22)11-2-3-13(17)14(18)8-11/h2-3,5-6,8,12,16,19H,4,7,9-10H2,1H3,(H,20,21)/t12-,16+/m0/s1. The molecule has 2 atom stereocenters. The van der Waals surface area contributed by atoms with Crippen molar-refractivity contribution in [3.63, 3.8) is 0 Å². The van der Waals surface area contributed by atoms with Gasteiger partial charge in [-0.1, -0.05) is 17.7 Å². The summed E-state index contributed by atoms with van der Waals surface area (Å²) in [5.41, 5.74) is 0.992. The van der Waals surface area contributed by atoms with Crippen molar-refractivity contribution in [1.29, 1.82) is 0 Å². The number of nitrogens with zero attached hydrogens (tertiary/aromatic N) is 2. The lowest BCUT2D eigenvalue weighted by molar-refractivity contribution is 0.271. The summed E-state index contributed by atoms with van der Waals surface area (Å²) in [7, 11) is 2.09. The van der Waals surface area contributed by atoms with Crippen LogP contribution in [0.1, 0.15) is 23.9 Å². The van der Waals surface area contributed by atoms with Gasteiger partial charge in [0.05, 0.1) is 11.6 Å². The van der Waals surface area contributed by atoms with Gasteiger partial charge in [0.15, 0.2) is 0 Å². The highest BCUT2D eigenvalue weighted by Gasteiger charge is 2.32. The lowest BCUT2D eigenvalue weighted by atomic mass is 9.93. The topological polar surface area (TPSA) is 44.0 Å². The number of likely N-dealkylation sites (tertiary alicyclic amines) is 1. The zero-order valence-corrected chi connectivity index (χ0v) is 13.3. The lowest BCUT2D eigenvalue weighted by Crippen LogP contribution is -2.28. The molecule has 0 saturated carbocycles. The Morgan fingerprint density at radius 1 is 1.50 bits per heavy atom. The molecule has 1 aliphatic heterocycles. The average Bonchev–Trinajstić information content (AvgIpc) is 3.13. The highest BCUT2D eigenvalue weighted by molar-refractivity contribution is 6.30. The highest BCUT2D eigenvalue weighted by atomic mass is 35.5. The molecule has 0 aliphatic carbocycles. The van der Waals surface area contributed by atoms with Gasteiger partial charge in [-0.2, -0.15) is 0 Å². The van der Waals surface area contributed by atoms with E-state index in [9.17, 15) is 4.39 Å². The fraction of sp³-hybridized carbons (Fsp3) is 0.438. The minimum atomic E-state index is -0.346. The summed E-state index contributed by atoms with van der Waals surface area (Å²) in [5.74, 6) is 1.03. The van der Waals surface area contributed by atoms with Crippen molar-refractivity contribution in [3.05, 3.63) is 52.8 Å². The van der Waals surface area contributed by atoms with Crippen LogP contribution in [0.2, 0.25) is 5.02 Å². The second kappa shape index (κ2) is 6.77. The zero-order chi connectivity index (χ0) is 15.5. The van der Waals surface area contributed by atoms with E-state index in [4.69, 9.17) is 11.6 Å². The van der Waals surface area contributed by atoms with Crippen LogP contribution in [0.25, 0.3) is 0 Å². The van der Waals surface area contributed by atoms with Gasteiger partial charge in [-0.3, -0.25) is 4.90 Å². The monoisotopic (exact) mass is 322 g/mol. The molecule has 2 aromatic rings. The van der Waals surface area contributed by atoms with E-state index in [2.05, 4.69) is 27.2 Å². The van der Waals surface area contributed by atoms with Gasteiger partial charge >= 0.3 is 0 Å². The third kappa shape index (κ3) is 3.32. The molecule has 0 radical (unpaired) electrons. The molecule has 1 saturated heterocycles. The molecule has 0 amide bonds. The van der Waals surface area contributed by atoms with Crippen molar-refractivity contribution in [2.45, 2.75) is 19.0 Å². The van der Waals surface area contributed by atoms with E-state index in [0.29, 0.717) is 5.92 Å². The van der Waals surface area contributed by atoms with Crippen LogP contribution >= 0.6 is 11.6 Å². The maximum absolute atomic E-state index is 13.7. The Kier molecular flexibility index (Phi) is 4.76. The first kappa shape index (κ1) is 15.5. The van der Waals surface area contributed by atoms with Crippen LogP contribution in [0.15, 0.2) is 30.6 Å². The van der Waals surface area contributed by atoms with Crippen molar-refractivity contribution in [2.24, 2.45) is 5.92 Å². The molecule has 1 aromatic carbocycles. The number of hydrogen-bond acceptors (Lipinski definition) is 3. The molecule has 118 valence electrons. The molecule has 0 bridgehead atoms. The SMILES string of the molecule is CN1CC[C@@H](CNCc2ncc[nH]2)[C@H]1c1ccc(Cl)c(F)c1. The molecule has 0 spiro atoms. The van der Waals surface area contributed by atoms with Gasteiger partial charge in [0.1, 0.15) is 11.6 Å². The summed E-state index contributed by atoms with van der Waals surface area (Å²) in [6, 6.07) is 5.35. The number of rotatable bonds is 5. The molecular weight excluding hydrogens is 303 g/mol. The van der Waals surface area contributed by atoms with E-state index in [1.54, 1.807) is 18.3 Å². The minimum absolute atomic E-state index is 0.178. The minimum Gasteiger partial charge on any atom is -0.348 e. The number of H-pyrrole nitrogens is 1. The Bertz CT molecular complexity index is 617. The van der Waals surface area contributed by atoms with Gasteiger partial charge in [-0.15, -0.1) is 0 Å². The summed E-state index contributed by atoms with van der Waals surface area (Å²) in [5, 5.41) is 3.61. The molecule has 3 rings (SSSR count). The van der Waals surface area contributed by atoms with Gasteiger partial charge in [0, 0.05) is 25.0 Å². The molecule has 6 heteroatoms.